The molecule has 16 heavy (non-hydrogen) atoms. The minimum atomic E-state index is -1.29. The van der Waals surface area contributed by atoms with Gasteiger partial charge >= 0.3 is 11.9 Å². The molecule has 92 valence electrons. The minimum absolute atomic E-state index is 0.164. The molecule has 0 aliphatic rings. The van der Waals surface area contributed by atoms with Crippen LogP contribution in [0.5, 0.6) is 0 Å². The molecular weight excluding hydrogens is 218 g/mol. The van der Waals surface area contributed by atoms with Gasteiger partial charge in [-0.25, -0.2) is 4.79 Å². The Bertz CT molecular complexity index is 245. The molecule has 2 N–H and O–H groups in total. The van der Waals surface area contributed by atoms with Gasteiger partial charge in [-0.3, -0.25) is 9.59 Å². The Kier molecular flexibility index (Phi) is 6.86. The number of carboxylic acid groups (broad SMARTS) is 1. The Morgan fingerprint density at radius 3 is 2.44 bits per heavy atom. The Hall–Kier alpha value is -1.63. The van der Waals surface area contributed by atoms with Gasteiger partial charge in [-0.05, 0) is 6.92 Å². The topological polar surface area (TPSA) is 102 Å². The summed E-state index contributed by atoms with van der Waals surface area (Å²) < 4.78 is 9.09. The van der Waals surface area contributed by atoms with Crippen LogP contribution in [0.2, 0.25) is 0 Å². The lowest BCUT2D eigenvalue weighted by Crippen LogP contribution is -2.43. The number of amides is 1. The molecule has 0 unspecified atom stereocenters. The zero-order valence-electron chi connectivity index (χ0n) is 9.19. The summed E-state index contributed by atoms with van der Waals surface area (Å²) in [5.74, 6) is -2.57. The van der Waals surface area contributed by atoms with E-state index in [9.17, 15) is 14.4 Å². The van der Waals surface area contributed by atoms with Crippen molar-refractivity contribution in [2.24, 2.45) is 0 Å². The van der Waals surface area contributed by atoms with Crippen molar-refractivity contribution in [1.29, 1.82) is 0 Å². The summed E-state index contributed by atoms with van der Waals surface area (Å²) in [6, 6.07) is -1.29. The van der Waals surface area contributed by atoms with E-state index in [1.165, 1.54) is 7.11 Å². The molecule has 0 saturated heterocycles. The van der Waals surface area contributed by atoms with E-state index in [-0.39, 0.29) is 13.2 Å². The lowest BCUT2D eigenvalue weighted by molar-refractivity contribution is -0.150. The highest BCUT2D eigenvalue weighted by atomic mass is 16.5. The summed E-state index contributed by atoms with van der Waals surface area (Å²) in [7, 11) is 1.31. The van der Waals surface area contributed by atoms with Gasteiger partial charge in [0.15, 0.2) is 0 Å². The molecular formula is C9H15NO6. The lowest BCUT2D eigenvalue weighted by atomic mass is 10.2. The van der Waals surface area contributed by atoms with Crippen LogP contribution in [0.15, 0.2) is 0 Å². The van der Waals surface area contributed by atoms with Crippen molar-refractivity contribution in [3.05, 3.63) is 0 Å². The van der Waals surface area contributed by atoms with Gasteiger partial charge < -0.3 is 19.9 Å². The molecule has 0 radical (unpaired) electrons. The van der Waals surface area contributed by atoms with Gasteiger partial charge in [0.25, 0.3) is 0 Å². The monoisotopic (exact) mass is 233 g/mol. The van der Waals surface area contributed by atoms with E-state index < -0.39 is 30.3 Å². The van der Waals surface area contributed by atoms with Gasteiger partial charge in [0.1, 0.15) is 12.6 Å². The van der Waals surface area contributed by atoms with Crippen molar-refractivity contribution < 1.29 is 29.0 Å². The number of esters is 1. The van der Waals surface area contributed by atoms with Gasteiger partial charge in [-0.15, -0.1) is 0 Å². The molecule has 1 amide bonds. The van der Waals surface area contributed by atoms with Crippen molar-refractivity contribution in [2.45, 2.75) is 19.4 Å². The first-order valence-corrected chi connectivity index (χ1v) is 4.68. The summed E-state index contributed by atoms with van der Waals surface area (Å²) in [5, 5.41) is 10.9. The highest BCUT2D eigenvalue weighted by Gasteiger charge is 2.23. The number of rotatable bonds is 7. The maximum absolute atomic E-state index is 11.0. The molecule has 7 nitrogen and oxygen atoms in total. The van der Waals surface area contributed by atoms with Crippen LogP contribution in [0.1, 0.15) is 13.3 Å². The fourth-order valence-electron chi connectivity index (χ4n) is 0.954. The van der Waals surface area contributed by atoms with Crippen LogP contribution in [-0.2, 0) is 23.9 Å². The summed E-state index contributed by atoms with van der Waals surface area (Å²) in [6.45, 7) is 1.51. The minimum Gasteiger partial charge on any atom is -0.480 e. The fraction of sp³-hybridized carbons (Fsp3) is 0.667. The van der Waals surface area contributed by atoms with E-state index in [0.29, 0.717) is 0 Å². The first-order valence-electron chi connectivity index (χ1n) is 4.68. The number of methoxy groups -OCH3 is 1. The predicted octanol–water partition coefficient (Wildman–Crippen LogP) is -0.845. The average molecular weight is 233 g/mol. The van der Waals surface area contributed by atoms with Gasteiger partial charge in [-0.2, -0.15) is 0 Å². The number of aliphatic carboxylic acids is 1. The summed E-state index contributed by atoms with van der Waals surface area (Å²) in [6.07, 6.45) is -0.404. The quantitative estimate of drug-likeness (QED) is 0.556. The zero-order valence-corrected chi connectivity index (χ0v) is 9.19. The van der Waals surface area contributed by atoms with Gasteiger partial charge in [0, 0.05) is 7.11 Å². The van der Waals surface area contributed by atoms with Crippen molar-refractivity contribution in [3.63, 3.8) is 0 Å². The molecule has 0 fully saturated rings. The molecule has 0 aromatic carbocycles. The predicted molar refractivity (Wildman–Crippen MR) is 52.7 cm³/mol. The van der Waals surface area contributed by atoms with E-state index in [4.69, 9.17) is 5.11 Å². The lowest BCUT2D eigenvalue weighted by Gasteiger charge is -2.13. The fourth-order valence-corrected chi connectivity index (χ4v) is 0.954. The molecule has 0 saturated carbocycles. The number of hydrogen-bond acceptors (Lipinski definition) is 5. The van der Waals surface area contributed by atoms with E-state index in [0.717, 1.165) is 0 Å². The van der Waals surface area contributed by atoms with Crippen LogP contribution in [0, 0.1) is 0 Å². The van der Waals surface area contributed by atoms with Crippen molar-refractivity contribution >= 4 is 17.8 Å². The van der Waals surface area contributed by atoms with Crippen LogP contribution < -0.4 is 5.32 Å². The summed E-state index contributed by atoms with van der Waals surface area (Å²) >= 11 is 0. The van der Waals surface area contributed by atoms with Crippen LogP contribution in [0.3, 0.4) is 0 Å². The Balaban J connectivity index is 4.22. The van der Waals surface area contributed by atoms with E-state index in [1.54, 1.807) is 6.92 Å². The largest absolute Gasteiger partial charge is 0.480 e. The van der Waals surface area contributed by atoms with Gasteiger partial charge in [0.2, 0.25) is 5.91 Å². The van der Waals surface area contributed by atoms with Crippen LogP contribution >= 0.6 is 0 Å². The number of hydrogen-bond donors (Lipinski definition) is 2. The van der Waals surface area contributed by atoms with E-state index >= 15 is 0 Å². The van der Waals surface area contributed by atoms with Gasteiger partial charge in [-0.1, -0.05) is 0 Å². The second-order valence-corrected chi connectivity index (χ2v) is 2.90. The molecule has 0 aromatic rings. The number of carbonyl (C=O) groups excluding carboxylic acids is 2. The second kappa shape index (κ2) is 7.63. The number of nitrogens with one attached hydrogen (secondary N) is 1. The van der Waals surface area contributed by atoms with Gasteiger partial charge in [0.05, 0.1) is 13.0 Å². The molecule has 0 rings (SSSR count). The Morgan fingerprint density at radius 2 is 2.00 bits per heavy atom. The molecule has 0 aliphatic heterocycles. The molecule has 0 aliphatic carbocycles. The maximum Gasteiger partial charge on any atom is 0.326 e. The third kappa shape index (κ3) is 5.97. The molecule has 0 spiro atoms. The van der Waals surface area contributed by atoms with Crippen molar-refractivity contribution in [3.8, 4) is 0 Å². The number of ether oxygens (including phenoxy) is 2. The average Bonchev–Trinajstić information content (AvgIpc) is 2.17. The van der Waals surface area contributed by atoms with Crippen LogP contribution in [0.4, 0.5) is 0 Å². The second-order valence-electron chi connectivity index (χ2n) is 2.90. The molecule has 7 heteroatoms. The Morgan fingerprint density at radius 1 is 1.38 bits per heavy atom. The Labute approximate surface area is 92.7 Å². The smallest absolute Gasteiger partial charge is 0.326 e. The first-order chi connectivity index (χ1) is 7.51. The SMILES string of the molecule is CCOC(=O)C[C@H](NC(=O)COC)C(=O)O. The molecule has 1 atom stereocenters. The number of carbonyl (C=O) groups is 3. The first kappa shape index (κ1) is 14.4. The maximum atomic E-state index is 11.0. The van der Waals surface area contributed by atoms with E-state index in [2.05, 4.69) is 14.8 Å². The standard InChI is InChI=1S/C9H15NO6/c1-3-16-8(12)4-6(9(13)14)10-7(11)5-15-2/h6H,3-5H2,1-2H3,(H,10,11)(H,13,14)/t6-/m0/s1. The highest BCUT2D eigenvalue weighted by Crippen LogP contribution is 1.96. The normalized spacial score (nSPS) is 11.6. The van der Waals surface area contributed by atoms with Crippen LogP contribution in [-0.4, -0.2) is 49.3 Å². The van der Waals surface area contributed by atoms with Crippen molar-refractivity contribution in [1.82, 2.24) is 5.32 Å². The molecule has 0 bridgehead atoms. The third-order valence-corrected chi connectivity index (χ3v) is 1.58. The highest BCUT2D eigenvalue weighted by molar-refractivity contribution is 5.87. The molecule has 0 aromatic heterocycles. The van der Waals surface area contributed by atoms with E-state index in [1.807, 2.05) is 0 Å². The summed E-state index contributed by atoms with van der Waals surface area (Å²) in [4.78, 5) is 32.8. The van der Waals surface area contributed by atoms with Crippen molar-refractivity contribution in [2.75, 3.05) is 20.3 Å². The summed E-state index contributed by atoms with van der Waals surface area (Å²) in [5.41, 5.74) is 0. The number of carboxylic acids is 1. The zero-order chi connectivity index (χ0) is 12.6. The third-order valence-electron chi connectivity index (χ3n) is 1.58. The van der Waals surface area contributed by atoms with Crippen LogP contribution in [0.25, 0.3) is 0 Å². The molecule has 0 heterocycles.